The summed E-state index contributed by atoms with van der Waals surface area (Å²) in [5.41, 5.74) is 2.26. The van der Waals surface area contributed by atoms with Crippen molar-refractivity contribution in [1.29, 1.82) is 0 Å². The number of ether oxygens (including phenoxy) is 1. The predicted molar refractivity (Wildman–Crippen MR) is 68.7 cm³/mol. The largest absolute Gasteiger partial charge is 0.378 e. The number of morpholine rings is 1. The highest BCUT2D eigenvalue weighted by Gasteiger charge is 2.16. The van der Waals surface area contributed by atoms with Crippen LogP contribution in [0.1, 0.15) is 18.2 Å². The first kappa shape index (κ1) is 12.1. The van der Waals surface area contributed by atoms with Crippen LogP contribution in [-0.2, 0) is 11.2 Å². The van der Waals surface area contributed by atoms with Crippen LogP contribution in [0, 0.1) is 6.92 Å². The van der Waals surface area contributed by atoms with E-state index in [4.69, 9.17) is 4.74 Å². The van der Waals surface area contributed by atoms with E-state index in [0.29, 0.717) is 0 Å². The first-order valence-corrected chi connectivity index (χ1v) is 6.14. The highest BCUT2D eigenvalue weighted by molar-refractivity contribution is 5.50. The molecule has 5 heteroatoms. The van der Waals surface area contributed by atoms with Crippen LogP contribution in [0.25, 0.3) is 0 Å². The van der Waals surface area contributed by atoms with Crippen molar-refractivity contribution < 1.29 is 4.74 Å². The van der Waals surface area contributed by atoms with E-state index in [1.807, 2.05) is 7.05 Å². The quantitative estimate of drug-likeness (QED) is 0.855. The van der Waals surface area contributed by atoms with Crippen molar-refractivity contribution in [3.05, 3.63) is 11.3 Å². The minimum atomic E-state index is 0.758. The van der Waals surface area contributed by atoms with E-state index in [1.165, 1.54) is 0 Å². The number of hydrogen-bond donors (Lipinski definition) is 1. The molecule has 17 heavy (non-hydrogen) atoms. The minimum absolute atomic E-state index is 0.758. The fraction of sp³-hybridized carbons (Fsp3) is 0.667. The lowest BCUT2D eigenvalue weighted by molar-refractivity contribution is 0.122. The normalized spacial score (nSPS) is 16.1. The molecule has 0 amide bonds. The molecule has 5 nitrogen and oxygen atoms in total. The van der Waals surface area contributed by atoms with Gasteiger partial charge in [0.25, 0.3) is 0 Å². The molecule has 0 saturated carbocycles. The molecule has 0 atom stereocenters. The first-order chi connectivity index (χ1) is 8.26. The number of rotatable bonds is 3. The van der Waals surface area contributed by atoms with Gasteiger partial charge in [0, 0.05) is 25.7 Å². The maximum atomic E-state index is 5.35. The van der Waals surface area contributed by atoms with E-state index in [-0.39, 0.29) is 0 Å². The Morgan fingerprint density at radius 2 is 2.00 bits per heavy atom. The highest BCUT2D eigenvalue weighted by atomic mass is 16.5. The third-order valence-corrected chi connectivity index (χ3v) is 3.10. The maximum Gasteiger partial charge on any atom is 0.227 e. The second-order valence-electron chi connectivity index (χ2n) is 4.15. The van der Waals surface area contributed by atoms with Gasteiger partial charge in [-0.3, -0.25) is 0 Å². The fourth-order valence-corrected chi connectivity index (χ4v) is 2.04. The Labute approximate surface area is 102 Å². The molecule has 0 bridgehead atoms. The van der Waals surface area contributed by atoms with E-state index < -0.39 is 0 Å². The molecule has 1 N–H and O–H groups in total. The number of nitrogens with one attached hydrogen (secondary N) is 1. The average molecular weight is 236 g/mol. The summed E-state index contributed by atoms with van der Waals surface area (Å²) in [5, 5.41) is 3.14. The van der Waals surface area contributed by atoms with Crippen LogP contribution in [0.3, 0.4) is 0 Å². The molecule has 1 aromatic heterocycles. The molecule has 1 saturated heterocycles. The molecule has 1 aliphatic heterocycles. The molecule has 0 aromatic carbocycles. The van der Waals surface area contributed by atoms with Gasteiger partial charge < -0.3 is 15.0 Å². The molecule has 2 rings (SSSR count). The summed E-state index contributed by atoms with van der Waals surface area (Å²) in [6.07, 6.45) is 0.931. The molecule has 0 radical (unpaired) electrons. The molecule has 1 aromatic rings. The average Bonchev–Trinajstić information content (AvgIpc) is 2.40. The third kappa shape index (κ3) is 2.49. The molecule has 94 valence electrons. The van der Waals surface area contributed by atoms with Crippen molar-refractivity contribution in [3.8, 4) is 0 Å². The van der Waals surface area contributed by atoms with Crippen LogP contribution in [0.5, 0.6) is 0 Å². The minimum Gasteiger partial charge on any atom is -0.378 e. The summed E-state index contributed by atoms with van der Waals surface area (Å²) >= 11 is 0. The molecular formula is C12H20N4O. The van der Waals surface area contributed by atoms with Crippen LogP contribution in [0.15, 0.2) is 0 Å². The Hall–Kier alpha value is -1.36. The van der Waals surface area contributed by atoms with Gasteiger partial charge in [-0.05, 0) is 13.3 Å². The second-order valence-corrected chi connectivity index (χ2v) is 4.15. The Morgan fingerprint density at radius 3 is 2.59 bits per heavy atom. The van der Waals surface area contributed by atoms with Crippen LogP contribution >= 0.6 is 0 Å². The lowest BCUT2D eigenvalue weighted by Crippen LogP contribution is -2.37. The van der Waals surface area contributed by atoms with Gasteiger partial charge in [0.1, 0.15) is 5.82 Å². The number of nitrogens with zero attached hydrogens (tertiary/aromatic N) is 3. The van der Waals surface area contributed by atoms with Gasteiger partial charge in [0.05, 0.1) is 18.9 Å². The topological polar surface area (TPSA) is 50.3 Å². The van der Waals surface area contributed by atoms with Crippen molar-refractivity contribution in [1.82, 2.24) is 9.97 Å². The van der Waals surface area contributed by atoms with Crippen molar-refractivity contribution >= 4 is 11.8 Å². The Balaban J connectivity index is 2.33. The van der Waals surface area contributed by atoms with E-state index in [0.717, 1.165) is 55.7 Å². The summed E-state index contributed by atoms with van der Waals surface area (Å²) in [7, 11) is 1.90. The monoisotopic (exact) mass is 236 g/mol. The summed E-state index contributed by atoms with van der Waals surface area (Å²) in [6.45, 7) is 7.44. The summed E-state index contributed by atoms with van der Waals surface area (Å²) in [4.78, 5) is 11.4. The summed E-state index contributed by atoms with van der Waals surface area (Å²) < 4.78 is 5.35. The van der Waals surface area contributed by atoms with Gasteiger partial charge in [0.2, 0.25) is 5.95 Å². The van der Waals surface area contributed by atoms with Gasteiger partial charge in [-0.15, -0.1) is 0 Å². The maximum absolute atomic E-state index is 5.35. The second kappa shape index (κ2) is 5.31. The Kier molecular flexibility index (Phi) is 3.78. The van der Waals surface area contributed by atoms with Crippen LogP contribution in [0.4, 0.5) is 11.8 Å². The molecule has 0 unspecified atom stereocenters. The number of anilines is 2. The molecule has 0 aliphatic carbocycles. The zero-order valence-electron chi connectivity index (χ0n) is 10.8. The van der Waals surface area contributed by atoms with Crippen LogP contribution < -0.4 is 10.2 Å². The predicted octanol–water partition coefficient (Wildman–Crippen LogP) is 1.23. The Bertz CT molecular complexity index is 363. The van der Waals surface area contributed by atoms with Crippen LogP contribution in [0.2, 0.25) is 0 Å². The van der Waals surface area contributed by atoms with Gasteiger partial charge >= 0.3 is 0 Å². The first-order valence-electron chi connectivity index (χ1n) is 6.14. The zero-order valence-corrected chi connectivity index (χ0v) is 10.8. The van der Waals surface area contributed by atoms with Crippen LogP contribution in [-0.4, -0.2) is 43.3 Å². The van der Waals surface area contributed by atoms with Gasteiger partial charge in [-0.25, -0.2) is 4.98 Å². The smallest absolute Gasteiger partial charge is 0.227 e. The van der Waals surface area contributed by atoms with Gasteiger partial charge in [-0.1, -0.05) is 6.92 Å². The van der Waals surface area contributed by atoms with E-state index in [1.54, 1.807) is 0 Å². The molecule has 2 heterocycles. The molecule has 1 fully saturated rings. The van der Waals surface area contributed by atoms with E-state index in [2.05, 4.69) is 34.0 Å². The summed E-state index contributed by atoms with van der Waals surface area (Å²) in [5.74, 6) is 1.75. The van der Waals surface area contributed by atoms with Gasteiger partial charge in [0.15, 0.2) is 0 Å². The van der Waals surface area contributed by atoms with Gasteiger partial charge in [-0.2, -0.15) is 4.98 Å². The number of hydrogen-bond acceptors (Lipinski definition) is 5. The lowest BCUT2D eigenvalue weighted by Gasteiger charge is -2.27. The van der Waals surface area contributed by atoms with E-state index in [9.17, 15) is 0 Å². The Morgan fingerprint density at radius 1 is 1.29 bits per heavy atom. The summed E-state index contributed by atoms with van der Waals surface area (Å²) in [6, 6.07) is 0. The van der Waals surface area contributed by atoms with E-state index >= 15 is 0 Å². The molecule has 0 spiro atoms. The number of aryl methyl sites for hydroxylation is 1. The van der Waals surface area contributed by atoms with Crippen molar-refractivity contribution in [2.75, 3.05) is 43.6 Å². The number of aromatic nitrogens is 2. The zero-order chi connectivity index (χ0) is 12.3. The fourth-order valence-electron chi connectivity index (χ4n) is 2.04. The van der Waals surface area contributed by atoms with Crippen molar-refractivity contribution in [2.24, 2.45) is 0 Å². The molecule has 1 aliphatic rings. The van der Waals surface area contributed by atoms with Crippen molar-refractivity contribution in [3.63, 3.8) is 0 Å². The SMILES string of the molecule is CCc1nc(N2CCOCC2)nc(NC)c1C. The van der Waals surface area contributed by atoms with Crippen molar-refractivity contribution in [2.45, 2.75) is 20.3 Å². The highest BCUT2D eigenvalue weighted by Crippen LogP contribution is 2.20. The standard InChI is InChI=1S/C12H20N4O/c1-4-10-9(2)11(13-3)15-12(14-10)16-5-7-17-8-6-16/h4-8H2,1-3H3,(H,13,14,15). The molecular weight excluding hydrogens is 216 g/mol. The third-order valence-electron chi connectivity index (χ3n) is 3.10. The lowest BCUT2D eigenvalue weighted by atomic mass is 10.2.